The van der Waals surface area contributed by atoms with Gasteiger partial charge in [-0.1, -0.05) is 6.92 Å². The molecule has 15 heavy (non-hydrogen) atoms. The fraction of sp³-hybridized carbons (Fsp3) is 1.00. The number of hydrogen-bond acceptors (Lipinski definition) is 4. The van der Waals surface area contributed by atoms with Gasteiger partial charge in [-0.2, -0.15) is 0 Å². The van der Waals surface area contributed by atoms with Gasteiger partial charge < -0.3 is 5.32 Å². The van der Waals surface area contributed by atoms with Crippen molar-refractivity contribution in [1.82, 2.24) is 10.2 Å². The van der Waals surface area contributed by atoms with Gasteiger partial charge in [-0.05, 0) is 13.3 Å². The van der Waals surface area contributed by atoms with Gasteiger partial charge >= 0.3 is 0 Å². The quantitative estimate of drug-likeness (QED) is 0.733. The van der Waals surface area contributed by atoms with E-state index in [2.05, 4.69) is 17.1 Å². The van der Waals surface area contributed by atoms with Crippen LogP contribution in [0.15, 0.2) is 0 Å². The molecule has 1 atom stereocenters. The largest absolute Gasteiger partial charge is 0.314 e. The van der Waals surface area contributed by atoms with E-state index >= 15 is 0 Å². The zero-order chi connectivity index (χ0) is 11.3. The van der Waals surface area contributed by atoms with Crippen LogP contribution in [-0.4, -0.2) is 57.0 Å². The standard InChI is InChI=1S/C10H22N2O2S/c1-3-7-15(13,14)8-6-12-5-4-11-9-10(12)2/h10-11H,3-9H2,1-2H3/t10-/m1/s1. The molecule has 0 aliphatic carbocycles. The summed E-state index contributed by atoms with van der Waals surface area (Å²) in [6.45, 7) is 7.63. The molecule has 5 heteroatoms. The Kier molecular flexibility index (Phi) is 5.02. The van der Waals surface area contributed by atoms with Crippen LogP contribution >= 0.6 is 0 Å². The Bertz CT molecular complexity index is 277. The topological polar surface area (TPSA) is 49.4 Å². The van der Waals surface area contributed by atoms with Crippen LogP contribution in [-0.2, 0) is 9.84 Å². The van der Waals surface area contributed by atoms with Gasteiger partial charge in [0.05, 0.1) is 5.75 Å². The third-order valence-corrected chi connectivity index (χ3v) is 4.68. The molecule has 1 N–H and O–H groups in total. The maximum Gasteiger partial charge on any atom is 0.151 e. The van der Waals surface area contributed by atoms with Crippen molar-refractivity contribution in [3.05, 3.63) is 0 Å². The van der Waals surface area contributed by atoms with E-state index in [-0.39, 0.29) is 0 Å². The molecule has 0 aromatic carbocycles. The minimum absolute atomic E-state index is 0.311. The van der Waals surface area contributed by atoms with E-state index in [9.17, 15) is 8.42 Å². The van der Waals surface area contributed by atoms with E-state index in [1.165, 1.54) is 0 Å². The van der Waals surface area contributed by atoms with E-state index in [0.717, 1.165) is 26.1 Å². The highest BCUT2D eigenvalue weighted by Gasteiger charge is 2.19. The van der Waals surface area contributed by atoms with E-state index in [1.807, 2.05) is 6.92 Å². The van der Waals surface area contributed by atoms with Crippen LogP contribution in [0.2, 0.25) is 0 Å². The molecule has 4 nitrogen and oxygen atoms in total. The second kappa shape index (κ2) is 5.82. The minimum atomic E-state index is -2.82. The van der Waals surface area contributed by atoms with Crippen LogP contribution in [0.25, 0.3) is 0 Å². The van der Waals surface area contributed by atoms with Gasteiger partial charge in [-0.15, -0.1) is 0 Å². The Morgan fingerprint density at radius 2 is 2.13 bits per heavy atom. The highest BCUT2D eigenvalue weighted by atomic mass is 32.2. The maximum absolute atomic E-state index is 11.5. The SMILES string of the molecule is CCCS(=O)(=O)CCN1CCNC[C@H]1C. The summed E-state index contributed by atoms with van der Waals surface area (Å²) >= 11 is 0. The van der Waals surface area contributed by atoms with E-state index in [1.54, 1.807) is 0 Å². The summed E-state index contributed by atoms with van der Waals surface area (Å²) in [6.07, 6.45) is 0.722. The summed E-state index contributed by atoms with van der Waals surface area (Å²) in [7, 11) is -2.82. The van der Waals surface area contributed by atoms with Gasteiger partial charge in [0.2, 0.25) is 0 Å². The molecule has 90 valence electrons. The molecule has 0 amide bonds. The molecule has 1 aliphatic heterocycles. The van der Waals surface area contributed by atoms with Crippen molar-refractivity contribution in [2.24, 2.45) is 0 Å². The number of sulfone groups is 1. The van der Waals surface area contributed by atoms with Crippen molar-refractivity contribution in [3.8, 4) is 0 Å². The molecule has 1 heterocycles. The summed E-state index contributed by atoms with van der Waals surface area (Å²) in [6, 6.07) is 0.454. The lowest BCUT2D eigenvalue weighted by Crippen LogP contribution is -2.51. The molecule has 1 aliphatic rings. The van der Waals surface area contributed by atoms with Crippen LogP contribution in [0.3, 0.4) is 0 Å². The maximum atomic E-state index is 11.5. The minimum Gasteiger partial charge on any atom is -0.314 e. The van der Waals surface area contributed by atoms with Crippen LogP contribution in [0.4, 0.5) is 0 Å². The van der Waals surface area contributed by atoms with E-state index < -0.39 is 9.84 Å². The molecule has 1 rings (SSSR count). The average molecular weight is 234 g/mol. The monoisotopic (exact) mass is 234 g/mol. The number of hydrogen-bond donors (Lipinski definition) is 1. The third kappa shape index (κ3) is 4.49. The Labute approximate surface area is 93.0 Å². The van der Waals surface area contributed by atoms with Crippen molar-refractivity contribution in [2.45, 2.75) is 26.3 Å². The van der Waals surface area contributed by atoms with Crippen molar-refractivity contribution in [3.63, 3.8) is 0 Å². The summed E-state index contributed by atoms with van der Waals surface area (Å²) in [5.41, 5.74) is 0. The lowest BCUT2D eigenvalue weighted by molar-refractivity contribution is 0.184. The molecule has 0 saturated carbocycles. The fourth-order valence-corrected chi connectivity index (χ4v) is 3.22. The first-order valence-electron chi connectivity index (χ1n) is 5.70. The van der Waals surface area contributed by atoms with Crippen molar-refractivity contribution < 1.29 is 8.42 Å². The Hall–Kier alpha value is -0.130. The molecular formula is C10H22N2O2S. The average Bonchev–Trinajstić information content (AvgIpc) is 2.16. The fourth-order valence-electron chi connectivity index (χ4n) is 1.88. The molecule has 1 fully saturated rings. The van der Waals surface area contributed by atoms with Gasteiger partial charge in [0, 0.05) is 38.0 Å². The molecule has 0 aromatic rings. The lowest BCUT2D eigenvalue weighted by Gasteiger charge is -2.33. The Morgan fingerprint density at radius 1 is 1.40 bits per heavy atom. The Morgan fingerprint density at radius 3 is 2.73 bits per heavy atom. The van der Waals surface area contributed by atoms with E-state index in [0.29, 0.717) is 24.1 Å². The highest BCUT2D eigenvalue weighted by Crippen LogP contribution is 2.03. The second-order valence-electron chi connectivity index (χ2n) is 4.24. The van der Waals surface area contributed by atoms with Crippen molar-refractivity contribution >= 4 is 9.84 Å². The van der Waals surface area contributed by atoms with Crippen LogP contribution in [0.5, 0.6) is 0 Å². The third-order valence-electron chi connectivity index (χ3n) is 2.84. The molecule has 1 saturated heterocycles. The van der Waals surface area contributed by atoms with Gasteiger partial charge in [-0.25, -0.2) is 8.42 Å². The van der Waals surface area contributed by atoms with Crippen LogP contribution in [0.1, 0.15) is 20.3 Å². The zero-order valence-electron chi connectivity index (χ0n) is 9.70. The van der Waals surface area contributed by atoms with Crippen LogP contribution in [0, 0.1) is 0 Å². The predicted octanol–water partition coefficient (Wildman–Crippen LogP) is 0.105. The van der Waals surface area contributed by atoms with Gasteiger partial charge in [-0.3, -0.25) is 4.90 Å². The van der Waals surface area contributed by atoms with Crippen molar-refractivity contribution in [2.75, 3.05) is 37.7 Å². The summed E-state index contributed by atoms with van der Waals surface area (Å²) < 4.78 is 23.1. The Balaban J connectivity index is 2.35. The highest BCUT2D eigenvalue weighted by molar-refractivity contribution is 7.91. The summed E-state index contributed by atoms with van der Waals surface area (Å²) in [4.78, 5) is 2.25. The van der Waals surface area contributed by atoms with Gasteiger partial charge in [0.25, 0.3) is 0 Å². The molecule has 0 bridgehead atoms. The van der Waals surface area contributed by atoms with E-state index in [4.69, 9.17) is 0 Å². The summed E-state index contributed by atoms with van der Waals surface area (Å²) in [5, 5.41) is 3.30. The van der Waals surface area contributed by atoms with Gasteiger partial charge in [0.1, 0.15) is 0 Å². The molecule has 0 unspecified atom stereocenters. The van der Waals surface area contributed by atoms with Crippen molar-refractivity contribution in [1.29, 1.82) is 0 Å². The number of rotatable bonds is 5. The molecule has 0 aromatic heterocycles. The first-order chi connectivity index (χ1) is 7.05. The zero-order valence-corrected chi connectivity index (χ0v) is 10.5. The van der Waals surface area contributed by atoms with Gasteiger partial charge in [0.15, 0.2) is 9.84 Å². The first-order valence-corrected chi connectivity index (χ1v) is 7.52. The number of piperazine rings is 1. The smallest absolute Gasteiger partial charge is 0.151 e. The number of nitrogens with one attached hydrogen (secondary N) is 1. The normalized spacial score (nSPS) is 24.3. The predicted molar refractivity (Wildman–Crippen MR) is 62.8 cm³/mol. The molecule has 0 radical (unpaired) electrons. The lowest BCUT2D eigenvalue weighted by atomic mass is 10.2. The second-order valence-corrected chi connectivity index (χ2v) is 6.54. The number of nitrogens with zero attached hydrogens (tertiary/aromatic N) is 1. The van der Waals surface area contributed by atoms with Crippen LogP contribution < -0.4 is 5.32 Å². The summed E-state index contributed by atoms with van der Waals surface area (Å²) in [5.74, 6) is 0.638. The first kappa shape index (κ1) is 12.9. The molecule has 0 spiro atoms. The molecular weight excluding hydrogens is 212 g/mol.